The summed E-state index contributed by atoms with van der Waals surface area (Å²) in [5.74, 6) is -2.93. The Morgan fingerprint density at radius 3 is 2.79 bits per heavy atom. The number of carbonyl (C=O) groups excluding carboxylic acids is 2. The number of esters is 1. The molecule has 7 heteroatoms. The molecule has 0 aliphatic heterocycles. The molecule has 6 nitrogen and oxygen atoms in total. The van der Waals surface area contributed by atoms with Crippen molar-refractivity contribution < 1.29 is 24.2 Å². The highest BCUT2D eigenvalue weighted by molar-refractivity contribution is 7.14. The summed E-state index contributed by atoms with van der Waals surface area (Å²) in [6.07, 6.45) is 0.348. The van der Waals surface area contributed by atoms with Crippen LogP contribution in [-0.4, -0.2) is 29.6 Å². The maximum atomic E-state index is 11.8. The number of hydrogen-bond donors (Lipinski definition) is 2. The van der Waals surface area contributed by atoms with E-state index in [2.05, 4.69) is 5.32 Å². The number of hydrogen-bond acceptors (Lipinski definition) is 5. The van der Waals surface area contributed by atoms with Crippen LogP contribution in [0.3, 0.4) is 0 Å². The Hall–Kier alpha value is -1.89. The fraction of sp³-hybridized carbons (Fsp3) is 0.417. The van der Waals surface area contributed by atoms with Crippen LogP contribution in [0, 0.1) is 11.8 Å². The highest BCUT2D eigenvalue weighted by Crippen LogP contribution is 2.40. The standard InChI is InChI=1S/C12H13NO5S/c1-2-18-12(17)6-3-4-19-10(6)13-9(14)7-5-8(7)11(15)16/h3-4,7-8H,2,5H2,1H3,(H,13,14)(H,15,16). The van der Waals surface area contributed by atoms with Crippen molar-refractivity contribution in [3.8, 4) is 0 Å². The Bertz CT molecular complexity index is 524. The zero-order valence-corrected chi connectivity index (χ0v) is 11.0. The molecule has 0 saturated heterocycles. The van der Waals surface area contributed by atoms with Crippen molar-refractivity contribution in [2.24, 2.45) is 11.8 Å². The summed E-state index contributed by atoms with van der Waals surface area (Å²) in [6.45, 7) is 1.95. The van der Waals surface area contributed by atoms with E-state index in [1.165, 1.54) is 11.3 Å². The first-order chi connectivity index (χ1) is 9.04. The zero-order chi connectivity index (χ0) is 14.0. The molecule has 19 heavy (non-hydrogen) atoms. The van der Waals surface area contributed by atoms with Crippen LogP contribution < -0.4 is 5.32 Å². The van der Waals surface area contributed by atoms with Gasteiger partial charge >= 0.3 is 11.9 Å². The van der Waals surface area contributed by atoms with Gasteiger partial charge in [-0.15, -0.1) is 11.3 Å². The largest absolute Gasteiger partial charge is 0.481 e. The van der Waals surface area contributed by atoms with E-state index >= 15 is 0 Å². The minimum atomic E-state index is -0.961. The number of rotatable bonds is 5. The lowest BCUT2D eigenvalue weighted by molar-refractivity contribution is -0.139. The van der Waals surface area contributed by atoms with Gasteiger partial charge in [0.05, 0.1) is 24.0 Å². The third-order valence-electron chi connectivity index (χ3n) is 2.84. The molecule has 2 N–H and O–H groups in total. The van der Waals surface area contributed by atoms with Crippen molar-refractivity contribution in [1.29, 1.82) is 0 Å². The molecule has 102 valence electrons. The predicted octanol–water partition coefficient (Wildman–Crippen LogP) is 1.58. The van der Waals surface area contributed by atoms with Crippen molar-refractivity contribution in [2.45, 2.75) is 13.3 Å². The number of nitrogens with one attached hydrogen (secondary N) is 1. The molecular weight excluding hydrogens is 270 g/mol. The monoisotopic (exact) mass is 283 g/mol. The van der Waals surface area contributed by atoms with Gasteiger partial charge < -0.3 is 15.2 Å². The molecule has 2 unspecified atom stereocenters. The van der Waals surface area contributed by atoms with Crippen LogP contribution in [0.5, 0.6) is 0 Å². The third-order valence-corrected chi connectivity index (χ3v) is 3.67. The number of carboxylic acids is 1. The van der Waals surface area contributed by atoms with E-state index in [1.807, 2.05) is 0 Å². The first-order valence-corrected chi connectivity index (χ1v) is 6.70. The summed E-state index contributed by atoms with van der Waals surface area (Å²) in [7, 11) is 0. The van der Waals surface area contributed by atoms with Gasteiger partial charge in [0, 0.05) is 0 Å². The van der Waals surface area contributed by atoms with Gasteiger partial charge in [0.25, 0.3) is 0 Å². The van der Waals surface area contributed by atoms with Crippen molar-refractivity contribution >= 4 is 34.2 Å². The van der Waals surface area contributed by atoms with Crippen LogP contribution in [0.25, 0.3) is 0 Å². The van der Waals surface area contributed by atoms with E-state index in [9.17, 15) is 14.4 Å². The van der Waals surface area contributed by atoms with Gasteiger partial charge in [-0.2, -0.15) is 0 Å². The van der Waals surface area contributed by atoms with Gasteiger partial charge in [0.15, 0.2) is 0 Å². The van der Waals surface area contributed by atoms with Crippen molar-refractivity contribution in [2.75, 3.05) is 11.9 Å². The summed E-state index contributed by atoms with van der Waals surface area (Å²) in [6, 6.07) is 1.57. The molecule has 1 aromatic heterocycles. The second kappa shape index (κ2) is 5.40. The van der Waals surface area contributed by atoms with E-state index in [0.717, 1.165) is 0 Å². The molecule has 1 heterocycles. The van der Waals surface area contributed by atoms with Crippen molar-refractivity contribution in [1.82, 2.24) is 0 Å². The number of aliphatic carboxylic acids is 1. The van der Waals surface area contributed by atoms with E-state index < -0.39 is 23.8 Å². The van der Waals surface area contributed by atoms with E-state index in [-0.39, 0.29) is 12.5 Å². The number of anilines is 1. The Morgan fingerprint density at radius 2 is 2.21 bits per heavy atom. The normalized spacial score (nSPS) is 20.7. The zero-order valence-electron chi connectivity index (χ0n) is 10.2. The van der Waals surface area contributed by atoms with Crippen molar-refractivity contribution in [3.05, 3.63) is 17.0 Å². The van der Waals surface area contributed by atoms with Crippen LogP contribution in [0.1, 0.15) is 23.7 Å². The SMILES string of the molecule is CCOC(=O)c1ccsc1NC(=O)C1CC1C(=O)O. The van der Waals surface area contributed by atoms with E-state index in [1.54, 1.807) is 18.4 Å². The Morgan fingerprint density at radius 1 is 1.47 bits per heavy atom. The quantitative estimate of drug-likeness (QED) is 0.800. The van der Waals surface area contributed by atoms with Gasteiger partial charge in [-0.25, -0.2) is 4.79 Å². The highest BCUT2D eigenvalue weighted by Gasteiger charge is 2.48. The predicted molar refractivity (Wildman–Crippen MR) is 68.1 cm³/mol. The highest BCUT2D eigenvalue weighted by atomic mass is 32.1. The molecule has 0 spiro atoms. The minimum Gasteiger partial charge on any atom is -0.481 e. The molecule has 1 aliphatic carbocycles. The second-order valence-electron chi connectivity index (χ2n) is 4.16. The maximum Gasteiger partial charge on any atom is 0.341 e. The fourth-order valence-electron chi connectivity index (χ4n) is 1.74. The van der Waals surface area contributed by atoms with Crippen molar-refractivity contribution in [3.63, 3.8) is 0 Å². The molecule has 1 saturated carbocycles. The summed E-state index contributed by atoms with van der Waals surface area (Å²) in [4.78, 5) is 34.1. The lowest BCUT2D eigenvalue weighted by Gasteiger charge is -2.05. The molecule has 1 aliphatic rings. The molecular formula is C12H13NO5S. The summed E-state index contributed by atoms with van der Waals surface area (Å²) in [5, 5.41) is 13.4. The molecule has 2 atom stereocenters. The minimum absolute atomic E-state index is 0.256. The molecule has 1 aromatic rings. The Balaban J connectivity index is 2.00. The topological polar surface area (TPSA) is 92.7 Å². The first kappa shape index (κ1) is 13.5. The number of ether oxygens (including phenoxy) is 1. The molecule has 0 aromatic carbocycles. The number of carboxylic acid groups (broad SMARTS) is 1. The fourth-order valence-corrected chi connectivity index (χ4v) is 2.52. The van der Waals surface area contributed by atoms with Crippen LogP contribution in [0.15, 0.2) is 11.4 Å². The molecule has 2 rings (SSSR count). The second-order valence-corrected chi connectivity index (χ2v) is 5.08. The number of thiophene rings is 1. The maximum absolute atomic E-state index is 11.8. The molecule has 0 radical (unpaired) electrons. The van der Waals surface area contributed by atoms with Gasteiger partial charge in [-0.1, -0.05) is 0 Å². The van der Waals surface area contributed by atoms with Crippen LogP contribution in [0.2, 0.25) is 0 Å². The number of carbonyl (C=O) groups is 3. The lowest BCUT2D eigenvalue weighted by Crippen LogP contribution is -2.18. The number of amides is 1. The Kier molecular flexibility index (Phi) is 3.84. The van der Waals surface area contributed by atoms with Crippen LogP contribution >= 0.6 is 11.3 Å². The van der Waals surface area contributed by atoms with Gasteiger partial charge in [0.1, 0.15) is 5.00 Å². The lowest BCUT2D eigenvalue weighted by atomic mass is 10.3. The third kappa shape index (κ3) is 2.93. The van der Waals surface area contributed by atoms with Crippen LogP contribution in [-0.2, 0) is 14.3 Å². The van der Waals surface area contributed by atoms with E-state index in [0.29, 0.717) is 17.0 Å². The summed E-state index contributed by atoms with van der Waals surface area (Å²) in [5.41, 5.74) is 0.299. The summed E-state index contributed by atoms with van der Waals surface area (Å²) < 4.78 is 4.87. The molecule has 1 fully saturated rings. The van der Waals surface area contributed by atoms with E-state index in [4.69, 9.17) is 9.84 Å². The van der Waals surface area contributed by atoms with Crippen LogP contribution in [0.4, 0.5) is 5.00 Å². The average Bonchev–Trinajstić information content (AvgIpc) is 3.04. The van der Waals surface area contributed by atoms with Gasteiger partial charge in [-0.3, -0.25) is 9.59 Å². The molecule has 0 bridgehead atoms. The summed E-state index contributed by atoms with van der Waals surface area (Å²) >= 11 is 1.21. The van der Waals surface area contributed by atoms with Gasteiger partial charge in [0.2, 0.25) is 5.91 Å². The molecule has 1 amide bonds. The smallest absolute Gasteiger partial charge is 0.341 e. The Labute approximate surface area is 113 Å². The first-order valence-electron chi connectivity index (χ1n) is 5.82. The average molecular weight is 283 g/mol. The van der Waals surface area contributed by atoms with Gasteiger partial charge in [-0.05, 0) is 24.8 Å².